The molecule has 0 aromatic carbocycles. The molecule has 7 heteroatoms. The molecule has 0 amide bonds. The van der Waals surface area contributed by atoms with Gasteiger partial charge in [-0.25, -0.2) is 0 Å². The van der Waals surface area contributed by atoms with Crippen LogP contribution in [0.4, 0.5) is 0 Å². The van der Waals surface area contributed by atoms with Crippen molar-refractivity contribution in [1.29, 1.82) is 0 Å². The van der Waals surface area contributed by atoms with Crippen LogP contribution >= 0.6 is 34.3 Å². The zero-order valence-corrected chi connectivity index (χ0v) is 12.8. The molecule has 3 aromatic rings. The normalized spacial score (nSPS) is 13.0. The second-order valence-corrected chi connectivity index (χ2v) is 6.55. The molecular weight excluding hydrogens is 330 g/mol. The van der Waals surface area contributed by atoms with Crippen molar-refractivity contribution < 1.29 is 9.21 Å². The van der Waals surface area contributed by atoms with Crippen molar-refractivity contribution in [3.05, 3.63) is 65.1 Å². The third-order valence-electron chi connectivity index (χ3n) is 2.57. The Bertz CT molecular complexity index is 947. The number of thiazole rings is 1. The second kappa shape index (κ2) is 5.85. The van der Waals surface area contributed by atoms with E-state index in [1.54, 1.807) is 29.7 Å². The summed E-state index contributed by atoms with van der Waals surface area (Å²) in [6.45, 7) is 0. The molecule has 3 aromatic heterocycles. The number of halogens is 1. The molecule has 0 fully saturated rings. The topological polar surface area (TPSA) is 63.1 Å². The van der Waals surface area contributed by atoms with E-state index < -0.39 is 0 Å². The number of ketones is 1. The molecule has 0 aliphatic rings. The molecular formula is C14H8ClNO3S2. The van der Waals surface area contributed by atoms with Gasteiger partial charge in [-0.05, 0) is 24.3 Å². The zero-order valence-electron chi connectivity index (χ0n) is 10.5. The molecule has 4 nitrogen and oxygen atoms in total. The third kappa shape index (κ3) is 3.24. The van der Waals surface area contributed by atoms with Crippen LogP contribution in [0.5, 0.6) is 0 Å². The highest BCUT2D eigenvalue weighted by atomic mass is 35.5. The fraction of sp³-hybridized carbons (Fsp3) is 0. The fourth-order valence-electron chi connectivity index (χ4n) is 1.67. The molecule has 0 saturated carbocycles. The van der Waals surface area contributed by atoms with Gasteiger partial charge in [0.25, 0.3) is 5.56 Å². The molecule has 0 aliphatic carbocycles. The maximum Gasteiger partial charge on any atom is 0.266 e. The number of H-pyrrole nitrogens is 1. The van der Waals surface area contributed by atoms with E-state index in [4.69, 9.17) is 16.0 Å². The minimum absolute atomic E-state index is 0.233. The Labute approximate surface area is 131 Å². The molecule has 0 unspecified atom stereocenters. The standard InChI is InChI=1S/C14H8ClNO3S2/c15-8-4-9(20-7-8)5-12-14(18)16-13(21-12)6-10(17)11-2-1-3-19-11/h1-7H,(H,16,18). The first-order chi connectivity index (χ1) is 10.1. The van der Waals surface area contributed by atoms with Crippen molar-refractivity contribution in [2.24, 2.45) is 0 Å². The minimum Gasteiger partial charge on any atom is -0.461 e. The number of thiophene rings is 1. The summed E-state index contributed by atoms with van der Waals surface area (Å²) < 4.78 is 6.02. The highest BCUT2D eigenvalue weighted by Crippen LogP contribution is 2.19. The fourth-order valence-corrected chi connectivity index (χ4v) is 3.63. The van der Waals surface area contributed by atoms with Gasteiger partial charge in [-0.3, -0.25) is 9.59 Å². The molecule has 0 atom stereocenters. The largest absolute Gasteiger partial charge is 0.461 e. The predicted octanol–water partition coefficient (Wildman–Crippen LogP) is 2.24. The van der Waals surface area contributed by atoms with Crippen molar-refractivity contribution in [3.63, 3.8) is 0 Å². The van der Waals surface area contributed by atoms with Crippen LogP contribution in [0, 0.1) is 0 Å². The number of carbonyl (C=O) groups excluding carboxylic acids is 1. The number of furan rings is 1. The highest BCUT2D eigenvalue weighted by molar-refractivity contribution is 7.12. The zero-order chi connectivity index (χ0) is 14.8. The first-order valence-corrected chi connectivity index (χ1v) is 7.94. The molecule has 3 rings (SSSR count). The van der Waals surface area contributed by atoms with Crippen LogP contribution in [-0.4, -0.2) is 10.8 Å². The van der Waals surface area contributed by atoms with Crippen molar-refractivity contribution in [2.75, 3.05) is 0 Å². The van der Waals surface area contributed by atoms with E-state index in [1.807, 2.05) is 0 Å². The second-order valence-electron chi connectivity index (χ2n) is 4.08. The van der Waals surface area contributed by atoms with Crippen molar-refractivity contribution in [1.82, 2.24) is 4.98 Å². The number of aromatic nitrogens is 1. The summed E-state index contributed by atoms with van der Waals surface area (Å²) in [6.07, 6.45) is 4.52. The molecule has 3 heterocycles. The van der Waals surface area contributed by atoms with Gasteiger partial charge in [0.15, 0.2) is 5.76 Å². The maximum atomic E-state index is 11.9. The number of nitrogens with one attached hydrogen (secondary N) is 1. The quantitative estimate of drug-likeness (QED) is 0.745. The van der Waals surface area contributed by atoms with Gasteiger partial charge in [0.2, 0.25) is 5.78 Å². The summed E-state index contributed by atoms with van der Waals surface area (Å²) in [5, 5.41) is 2.43. The Kier molecular flexibility index (Phi) is 3.92. The minimum atomic E-state index is -0.289. The summed E-state index contributed by atoms with van der Waals surface area (Å²) in [6, 6.07) is 4.99. The number of carbonyl (C=O) groups is 1. The van der Waals surface area contributed by atoms with Crippen molar-refractivity contribution in [2.45, 2.75) is 0 Å². The summed E-state index contributed by atoms with van der Waals surface area (Å²) >= 11 is 8.50. The van der Waals surface area contributed by atoms with Gasteiger partial charge < -0.3 is 9.40 Å². The first-order valence-electron chi connectivity index (χ1n) is 5.86. The molecule has 1 N–H and O–H groups in total. The molecule has 0 spiro atoms. The number of aromatic amines is 1. The number of hydrogen-bond acceptors (Lipinski definition) is 5. The Morgan fingerprint density at radius 2 is 2.29 bits per heavy atom. The lowest BCUT2D eigenvalue weighted by Gasteiger charge is -1.84. The molecule has 106 valence electrons. The first kappa shape index (κ1) is 14.1. The van der Waals surface area contributed by atoms with E-state index in [-0.39, 0.29) is 17.1 Å². The van der Waals surface area contributed by atoms with Crippen LogP contribution in [0.25, 0.3) is 12.2 Å². The average molecular weight is 338 g/mol. The number of rotatable bonds is 3. The molecule has 0 bridgehead atoms. The number of hydrogen-bond donors (Lipinski definition) is 1. The van der Waals surface area contributed by atoms with E-state index in [0.29, 0.717) is 14.2 Å². The van der Waals surface area contributed by atoms with Gasteiger partial charge in [-0.2, -0.15) is 0 Å². The van der Waals surface area contributed by atoms with E-state index >= 15 is 0 Å². The summed E-state index contributed by atoms with van der Waals surface area (Å²) in [7, 11) is 0. The Balaban J connectivity index is 2.00. The van der Waals surface area contributed by atoms with Gasteiger partial charge in [0.05, 0.1) is 20.5 Å². The Morgan fingerprint density at radius 3 is 2.95 bits per heavy atom. The SMILES string of the molecule is O=C(C=c1[nH]c(=O)c(=Cc2cc(Cl)cs2)s1)c1ccco1. The van der Waals surface area contributed by atoms with E-state index in [1.165, 1.54) is 35.0 Å². The van der Waals surface area contributed by atoms with E-state index in [2.05, 4.69) is 4.98 Å². The lowest BCUT2D eigenvalue weighted by molar-refractivity contribution is 0.103. The average Bonchev–Trinajstić information content (AvgIpc) is 3.14. The summed E-state index contributed by atoms with van der Waals surface area (Å²) in [5.41, 5.74) is -0.233. The van der Waals surface area contributed by atoms with Crippen LogP contribution in [0.15, 0.2) is 39.1 Å². The molecule has 0 saturated heterocycles. The number of Topliss-reactive ketones (excluding diaryl/α,β-unsaturated/α-hetero) is 1. The maximum absolute atomic E-state index is 11.9. The Morgan fingerprint density at radius 1 is 1.43 bits per heavy atom. The van der Waals surface area contributed by atoms with Crippen molar-refractivity contribution in [3.8, 4) is 0 Å². The van der Waals surface area contributed by atoms with Gasteiger partial charge in [-0.1, -0.05) is 11.6 Å². The van der Waals surface area contributed by atoms with Gasteiger partial charge in [0, 0.05) is 16.3 Å². The smallest absolute Gasteiger partial charge is 0.266 e. The monoisotopic (exact) mass is 337 g/mol. The van der Waals surface area contributed by atoms with Crippen molar-refractivity contribution >= 4 is 52.2 Å². The lowest BCUT2D eigenvalue weighted by Crippen LogP contribution is -2.19. The molecule has 21 heavy (non-hydrogen) atoms. The van der Waals surface area contributed by atoms with E-state index in [9.17, 15) is 9.59 Å². The van der Waals surface area contributed by atoms with Crippen LogP contribution < -0.4 is 14.8 Å². The van der Waals surface area contributed by atoms with Crippen LogP contribution in [-0.2, 0) is 0 Å². The Hall–Kier alpha value is -1.89. The van der Waals surface area contributed by atoms with Gasteiger partial charge in [0.1, 0.15) is 0 Å². The van der Waals surface area contributed by atoms with Crippen LogP contribution in [0.2, 0.25) is 5.02 Å². The summed E-state index contributed by atoms with van der Waals surface area (Å²) in [4.78, 5) is 27.3. The lowest BCUT2D eigenvalue weighted by atomic mass is 10.3. The van der Waals surface area contributed by atoms with Crippen LogP contribution in [0.1, 0.15) is 15.4 Å². The van der Waals surface area contributed by atoms with E-state index in [0.717, 1.165) is 4.88 Å². The highest BCUT2D eigenvalue weighted by Gasteiger charge is 2.05. The molecule has 0 radical (unpaired) electrons. The predicted molar refractivity (Wildman–Crippen MR) is 84.6 cm³/mol. The van der Waals surface area contributed by atoms with Gasteiger partial charge in [-0.15, -0.1) is 22.7 Å². The third-order valence-corrected chi connectivity index (χ3v) is 4.76. The van der Waals surface area contributed by atoms with Crippen LogP contribution in [0.3, 0.4) is 0 Å². The molecule has 0 aliphatic heterocycles. The van der Waals surface area contributed by atoms with Gasteiger partial charge >= 0.3 is 0 Å². The summed E-state index contributed by atoms with van der Waals surface area (Å²) in [5.74, 6) is -0.0527.